The summed E-state index contributed by atoms with van der Waals surface area (Å²) in [5.41, 5.74) is 0.444. The highest BCUT2D eigenvalue weighted by atomic mass is 79.9. The fourth-order valence-corrected chi connectivity index (χ4v) is 2.89. The van der Waals surface area contributed by atoms with E-state index in [-0.39, 0.29) is 17.9 Å². The van der Waals surface area contributed by atoms with Crippen LogP contribution in [0.15, 0.2) is 32.8 Å². The first-order valence-electron chi connectivity index (χ1n) is 4.89. The molecule has 2 rings (SSSR count). The Morgan fingerprint density at radius 3 is 2.88 bits per heavy atom. The molecule has 2 heterocycles. The Kier molecular flexibility index (Phi) is 3.54. The molecule has 0 spiro atoms. The molecule has 6 heteroatoms. The third-order valence-electron chi connectivity index (χ3n) is 2.16. The maximum atomic E-state index is 11.9. The molecule has 0 aliphatic carbocycles. The van der Waals surface area contributed by atoms with Crippen molar-refractivity contribution >= 4 is 33.0 Å². The molecule has 0 fully saturated rings. The van der Waals surface area contributed by atoms with Gasteiger partial charge in [0.25, 0.3) is 5.56 Å². The molecule has 0 unspecified atom stereocenters. The molecule has 2 aromatic rings. The quantitative estimate of drug-likeness (QED) is 0.817. The molecule has 0 aromatic carbocycles. The van der Waals surface area contributed by atoms with Crippen LogP contribution in [0.2, 0.25) is 0 Å². The highest BCUT2D eigenvalue weighted by molar-refractivity contribution is 9.10. The Hall–Kier alpha value is -1.27. The standard InChI is InChI=1S/C11H9BrN2O2S/c1-7-2-3-10(16)14(13-7)6-9(15)11-8(12)4-5-17-11/h2-5H,6H2,1H3. The summed E-state index contributed by atoms with van der Waals surface area (Å²) >= 11 is 4.64. The van der Waals surface area contributed by atoms with Gasteiger partial charge < -0.3 is 0 Å². The number of carbonyl (C=O) groups excluding carboxylic acids is 1. The molecule has 0 bridgehead atoms. The normalized spacial score (nSPS) is 10.5. The molecule has 2 aromatic heterocycles. The number of thiophene rings is 1. The maximum Gasteiger partial charge on any atom is 0.267 e. The van der Waals surface area contributed by atoms with E-state index in [1.807, 2.05) is 11.4 Å². The molecule has 0 aliphatic heterocycles. The summed E-state index contributed by atoms with van der Waals surface area (Å²) in [6.45, 7) is 1.75. The van der Waals surface area contributed by atoms with Crippen molar-refractivity contribution < 1.29 is 4.79 Å². The zero-order valence-electron chi connectivity index (χ0n) is 9.01. The molecule has 0 atom stereocenters. The lowest BCUT2D eigenvalue weighted by Crippen LogP contribution is -2.26. The van der Waals surface area contributed by atoms with E-state index < -0.39 is 0 Å². The average molecular weight is 313 g/mol. The van der Waals surface area contributed by atoms with Crippen LogP contribution in [-0.2, 0) is 6.54 Å². The number of nitrogens with zero attached hydrogens (tertiary/aromatic N) is 2. The Morgan fingerprint density at radius 2 is 2.24 bits per heavy atom. The molecule has 17 heavy (non-hydrogen) atoms. The molecular formula is C11H9BrN2O2S. The van der Waals surface area contributed by atoms with Crippen molar-refractivity contribution in [1.82, 2.24) is 9.78 Å². The zero-order chi connectivity index (χ0) is 12.4. The van der Waals surface area contributed by atoms with Crippen LogP contribution >= 0.6 is 27.3 Å². The predicted octanol–water partition coefficient (Wildman–Crippen LogP) is 2.26. The number of Topliss-reactive ketones (excluding diaryl/α,β-unsaturated/α-hetero) is 1. The molecule has 0 radical (unpaired) electrons. The van der Waals surface area contributed by atoms with Crippen molar-refractivity contribution in [1.29, 1.82) is 0 Å². The van der Waals surface area contributed by atoms with Crippen LogP contribution in [0, 0.1) is 6.92 Å². The van der Waals surface area contributed by atoms with E-state index in [9.17, 15) is 9.59 Å². The Labute approximate surface area is 110 Å². The molecule has 0 aliphatic rings. The van der Waals surface area contributed by atoms with Crippen molar-refractivity contribution in [2.75, 3.05) is 0 Å². The number of hydrogen-bond donors (Lipinski definition) is 0. The first-order chi connectivity index (χ1) is 8.08. The predicted molar refractivity (Wildman–Crippen MR) is 69.6 cm³/mol. The van der Waals surface area contributed by atoms with Gasteiger partial charge in [0.05, 0.1) is 10.6 Å². The third kappa shape index (κ3) is 2.70. The van der Waals surface area contributed by atoms with Crippen LogP contribution in [0.5, 0.6) is 0 Å². The number of ketones is 1. The minimum Gasteiger partial charge on any atom is -0.291 e. The highest BCUT2D eigenvalue weighted by Crippen LogP contribution is 2.23. The molecule has 88 valence electrons. The third-order valence-corrected chi connectivity index (χ3v) is 4.04. The molecule has 0 saturated heterocycles. The van der Waals surface area contributed by atoms with E-state index in [4.69, 9.17) is 0 Å². The smallest absolute Gasteiger partial charge is 0.267 e. The van der Waals surface area contributed by atoms with E-state index >= 15 is 0 Å². The van der Waals surface area contributed by atoms with Crippen LogP contribution in [-0.4, -0.2) is 15.6 Å². The van der Waals surface area contributed by atoms with Crippen LogP contribution in [0.1, 0.15) is 15.4 Å². The number of aryl methyl sites for hydroxylation is 1. The number of halogens is 1. The van der Waals surface area contributed by atoms with Crippen molar-refractivity contribution in [3.05, 3.63) is 49.0 Å². The second-order valence-corrected chi connectivity index (χ2v) is 5.26. The van der Waals surface area contributed by atoms with E-state index in [1.165, 1.54) is 22.1 Å². The van der Waals surface area contributed by atoms with Crippen LogP contribution < -0.4 is 5.56 Å². The second kappa shape index (κ2) is 4.93. The summed E-state index contributed by atoms with van der Waals surface area (Å²) in [4.78, 5) is 24.1. The van der Waals surface area contributed by atoms with Gasteiger partial charge in [-0.2, -0.15) is 5.10 Å². The van der Waals surface area contributed by atoms with Gasteiger partial charge in [0, 0.05) is 10.5 Å². The van der Waals surface area contributed by atoms with Gasteiger partial charge in [0.15, 0.2) is 5.78 Å². The van der Waals surface area contributed by atoms with Gasteiger partial charge in [-0.1, -0.05) is 0 Å². The van der Waals surface area contributed by atoms with Gasteiger partial charge in [0.1, 0.15) is 6.54 Å². The van der Waals surface area contributed by atoms with Crippen LogP contribution in [0.3, 0.4) is 0 Å². The minimum absolute atomic E-state index is 0.0281. The van der Waals surface area contributed by atoms with Crippen molar-refractivity contribution in [3.8, 4) is 0 Å². The molecule has 0 saturated carbocycles. The lowest BCUT2D eigenvalue weighted by atomic mass is 10.3. The van der Waals surface area contributed by atoms with Crippen LogP contribution in [0.4, 0.5) is 0 Å². The van der Waals surface area contributed by atoms with Gasteiger partial charge in [0.2, 0.25) is 0 Å². The summed E-state index contributed by atoms with van der Waals surface area (Å²) in [5.74, 6) is -0.118. The fourth-order valence-electron chi connectivity index (χ4n) is 1.36. The first-order valence-corrected chi connectivity index (χ1v) is 6.56. The van der Waals surface area contributed by atoms with Gasteiger partial charge in [-0.15, -0.1) is 11.3 Å². The lowest BCUT2D eigenvalue weighted by Gasteiger charge is -2.03. The monoisotopic (exact) mass is 312 g/mol. The Morgan fingerprint density at radius 1 is 1.47 bits per heavy atom. The average Bonchev–Trinajstić information content (AvgIpc) is 2.70. The van der Waals surface area contributed by atoms with Crippen molar-refractivity contribution in [2.45, 2.75) is 13.5 Å². The van der Waals surface area contributed by atoms with E-state index in [0.717, 1.165) is 4.47 Å². The summed E-state index contributed by atoms with van der Waals surface area (Å²) < 4.78 is 1.94. The molecule has 0 N–H and O–H groups in total. The number of hydrogen-bond acceptors (Lipinski definition) is 4. The van der Waals surface area contributed by atoms with Crippen molar-refractivity contribution in [2.24, 2.45) is 0 Å². The molecule has 0 amide bonds. The lowest BCUT2D eigenvalue weighted by molar-refractivity contribution is 0.0969. The zero-order valence-corrected chi connectivity index (χ0v) is 11.4. The summed E-state index contributed by atoms with van der Waals surface area (Å²) in [6.07, 6.45) is 0. The number of carbonyl (C=O) groups is 1. The van der Waals surface area contributed by atoms with Gasteiger partial charge in [-0.05, 0) is 40.4 Å². The summed E-state index contributed by atoms with van der Waals surface area (Å²) in [7, 11) is 0. The number of aromatic nitrogens is 2. The molecular weight excluding hydrogens is 304 g/mol. The largest absolute Gasteiger partial charge is 0.291 e. The Bertz CT molecular complexity index is 618. The second-order valence-electron chi connectivity index (χ2n) is 3.49. The fraction of sp³-hybridized carbons (Fsp3) is 0.182. The van der Waals surface area contributed by atoms with Gasteiger partial charge in [-0.25, -0.2) is 4.68 Å². The first kappa shape index (κ1) is 12.2. The summed E-state index contributed by atoms with van der Waals surface area (Å²) in [6, 6.07) is 4.85. The molecule has 4 nitrogen and oxygen atoms in total. The highest BCUT2D eigenvalue weighted by Gasteiger charge is 2.13. The van der Waals surface area contributed by atoms with Gasteiger partial charge in [-0.3, -0.25) is 9.59 Å². The Balaban J connectivity index is 2.28. The topological polar surface area (TPSA) is 52.0 Å². The minimum atomic E-state index is -0.267. The van der Waals surface area contributed by atoms with E-state index in [2.05, 4.69) is 21.0 Å². The SMILES string of the molecule is Cc1ccc(=O)n(CC(=O)c2sccc2Br)n1. The summed E-state index contributed by atoms with van der Waals surface area (Å²) in [5, 5.41) is 5.85. The van der Waals surface area contributed by atoms with Gasteiger partial charge >= 0.3 is 0 Å². The number of rotatable bonds is 3. The van der Waals surface area contributed by atoms with Crippen molar-refractivity contribution in [3.63, 3.8) is 0 Å². The van der Waals surface area contributed by atoms with E-state index in [1.54, 1.807) is 13.0 Å². The van der Waals surface area contributed by atoms with Crippen LogP contribution in [0.25, 0.3) is 0 Å². The maximum absolute atomic E-state index is 11.9. The van der Waals surface area contributed by atoms with E-state index in [0.29, 0.717) is 10.6 Å².